The van der Waals surface area contributed by atoms with Crippen LogP contribution in [0, 0.1) is 0 Å². The molecule has 2 rings (SSSR count). The van der Waals surface area contributed by atoms with Crippen molar-refractivity contribution in [2.45, 2.75) is 36.6 Å². The topological polar surface area (TPSA) is 51.1 Å². The standard InChI is InChI=1S/C10H15ClN2O2S/c1-2-12-16(14,15)10-5-9(6-11)13(7-10)8-3-4-8/h5,7-8,12H,2-4,6H2,1H3. The highest BCUT2D eigenvalue weighted by molar-refractivity contribution is 7.89. The predicted molar refractivity (Wildman–Crippen MR) is 63.1 cm³/mol. The third-order valence-corrected chi connectivity index (χ3v) is 4.42. The summed E-state index contributed by atoms with van der Waals surface area (Å²) in [5.41, 5.74) is 0.876. The largest absolute Gasteiger partial charge is 0.346 e. The molecule has 1 aliphatic rings. The zero-order valence-electron chi connectivity index (χ0n) is 9.11. The molecule has 1 fully saturated rings. The molecule has 90 valence electrons. The first-order chi connectivity index (χ1) is 7.58. The normalized spacial score (nSPS) is 16.6. The third-order valence-electron chi connectivity index (χ3n) is 2.63. The monoisotopic (exact) mass is 262 g/mol. The summed E-state index contributed by atoms with van der Waals surface area (Å²) in [5, 5.41) is 0. The molecule has 1 heterocycles. The van der Waals surface area contributed by atoms with Gasteiger partial charge < -0.3 is 4.57 Å². The molecule has 1 N–H and O–H groups in total. The molecule has 0 radical (unpaired) electrons. The fourth-order valence-electron chi connectivity index (χ4n) is 1.72. The molecule has 1 aliphatic carbocycles. The number of hydrogen-bond donors (Lipinski definition) is 1. The number of nitrogens with one attached hydrogen (secondary N) is 1. The minimum absolute atomic E-state index is 0.317. The van der Waals surface area contributed by atoms with E-state index in [4.69, 9.17) is 11.6 Å². The van der Waals surface area contributed by atoms with Crippen LogP contribution >= 0.6 is 11.6 Å². The summed E-state index contributed by atoms with van der Waals surface area (Å²) >= 11 is 5.81. The molecule has 4 nitrogen and oxygen atoms in total. The molecule has 1 aromatic rings. The van der Waals surface area contributed by atoms with E-state index in [-0.39, 0.29) is 0 Å². The fourth-order valence-corrected chi connectivity index (χ4v) is 3.02. The smallest absolute Gasteiger partial charge is 0.242 e. The Bertz CT molecular complexity index is 477. The van der Waals surface area contributed by atoms with Gasteiger partial charge in [-0.1, -0.05) is 6.92 Å². The minimum atomic E-state index is -3.36. The molecular formula is C10H15ClN2O2S. The van der Waals surface area contributed by atoms with Gasteiger partial charge in [0.05, 0.1) is 10.8 Å². The Hall–Kier alpha value is -0.520. The van der Waals surface area contributed by atoms with Gasteiger partial charge in [-0.25, -0.2) is 13.1 Å². The number of aromatic nitrogens is 1. The van der Waals surface area contributed by atoms with Gasteiger partial charge in [0.1, 0.15) is 0 Å². The molecule has 0 atom stereocenters. The van der Waals surface area contributed by atoms with Crippen molar-refractivity contribution in [3.05, 3.63) is 18.0 Å². The third kappa shape index (κ3) is 2.26. The maximum absolute atomic E-state index is 11.8. The van der Waals surface area contributed by atoms with Gasteiger partial charge in [0.15, 0.2) is 0 Å². The summed E-state index contributed by atoms with van der Waals surface area (Å²) in [6.07, 6.45) is 3.91. The van der Waals surface area contributed by atoms with Crippen LogP contribution < -0.4 is 4.72 Å². The Labute approximate surface area is 101 Å². The second kappa shape index (κ2) is 4.39. The average Bonchev–Trinajstić information content (AvgIpc) is 2.97. The van der Waals surface area contributed by atoms with Gasteiger partial charge in [-0.05, 0) is 18.9 Å². The van der Waals surface area contributed by atoms with Crippen molar-refractivity contribution in [2.24, 2.45) is 0 Å². The fraction of sp³-hybridized carbons (Fsp3) is 0.600. The van der Waals surface area contributed by atoms with Gasteiger partial charge >= 0.3 is 0 Å². The zero-order chi connectivity index (χ0) is 11.8. The Morgan fingerprint density at radius 2 is 2.25 bits per heavy atom. The number of hydrogen-bond acceptors (Lipinski definition) is 2. The Kier molecular flexibility index (Phi) is 3.28. The maximum Gasteiger partial charge on any atom is 0.242 e. The van der Waals surface area contributed by atoms with E-state index < -0.39 is 10.0 Å². The maximum atomic E-state index is 11.8. The molecule has 0 unspecified atom stereocenters. The van der Waals surface area contributed by atoms with E-state index in [9.17, 15) is 8.42 Å². The summed E-state index contributed by atoms with van der Waals surface area (Å²) in [5.74, 6) is 0.345. The summed E-state index contributed by atoms with van der Waals surface area (Å²) in [4.78, 5) is 0.317. The summed E-state index contributed by atoms with van der Waals surface area (Å²) in [6.45, 7) is 2.16. The van der Waals surface area contributed by atoms with Crippen molar-refractivity contribution < 1.29 is 8.42 Å². The number of nitrogens with zero attached hydrogens (tertiary/aromatic N) is 1. The predicted octanol–water partition coefficient (Wildman–Crippen LogP) is 1.86. The lowest BCUT2D eigenvalue weighted by Crippen LogP contribution is -2.22. The van der Waals surface area contributed by atoms with E-state index in [2.05, 4.69) is 4.72 Å². The van der Waals surface area contributed by atoms with Crippen molar-refractivity contribution in [2.75, 3.05) is 6.54 Å². The van der Waals surface area contributed by atoms with Crippen LogP contribution in [0.2, 0.25) is 0 Å². The second-order valence-electron chi connectivity index (χ2n) is 3.94. The highest BCUT2D eigenvalue weighted by Crippen LogP contribution is 2.37. The Morgan fingerprint density at radius 3 is 2.75 bits per heavy atom. The van der Waals surface area contributed by atoms with Gasteiger partial charge in [-0.15, -0.1) is 11.6 Å². The summed E-state index contributed by atoms with van der Waals surface area (Å²) < 4.78 is 28.0. The quantitative estimate of drug-likeness (QED) is 0.824. The minimum Gasteiger partial charge on any atom is -0.346 e. The van der Waals surface area contributed by atoms with Crippen LogP contribution in [0.1, 0.15) is 31.5 Å². The van der Waals surface area contributed by atoms with Gasteiger partial charge in [0.2, 0.25) is 10.0 Å². The Morgan fingerprint density at radius 1 is 1.56 bits per heavy atom. The first-order valence-corrected chi connectivity index (χ1v) is 7.36. The Balaban J connectivity index is 2.35. The molecule has 0 saturated heterocycles. The molecule has 0 amide bonds. The van der Waals surface area contributed by atoms with Gasteiger partial charge in [-0.2, -0.15) is 0 Å². The highest BCUT2D eigenvalue weighted by Gasteiger charge is 2.27. The molecule has 16 heavy (non-hydrogen) atoms. The zero-order valence-corrected chi connectivity index (χ0v) is 10.7. The first-order valence-electron chi connectivity index (χ1n) is 5.35. The number of halogens is 1. The molecule has 1 saturated carbocycles. The van der Waals surface area contributed by atoms with Gasteiger partial charge in [-0.3, -0.25) is 0 Å². The van der Waals surface area contributed by atoms with Gasteiger partial charge in [0.25, 0.3) is 0 Å². The van der Waals surface area contributed by atoms with Crippen molar-refractivity contribution in [1.82, 2.24) is 9.29 Å². The van der Waals surface area contributed by atoms with Crippen molar-refractivity contribution in [3.8, 4) is 0 Å². The molecular weight excluding hydrogens is 248 g/mol. The van der Waals surface area contributed by atoms with E-state index in [1.165, 1.54) is 0 Å². The SMILES string of the molecule is CCNS(=O)(=O)c1cc(CCl)n(C2CC2)c1. The van der Waals surface area contributed by atoms with Crippen molar-refractivity contribution in [3.63, 3.8) is 0 Å². The van der Waals surface area contributed by atoms with Crippen LogP contribution in [0.5, 0.6) is 0 Å². The van der Waals surface area contributed by atoms with Crippen LogP contribution in [0.4, 0.5) is 0 Å². The molecule has 0 bridgehead atoms. The highest BCUT2D eigenvalue weighted by atomic mass is 35.5. The van der Waals surface area contributed by atoms with Crippen molar-refractivity contribution >= 4 is 21.6 Å². The van der Waals surface area contributed by atoms with Gasteiger partial charge in [0, 0.05) is 24.5 Å². The number of alkyl halides is 1. The molecule has 0 aromatic carbocycles. The number of rotatable bonds is 5. The lowest BCUT2D eigenvalue weighted by atomic mass is 10.5. The van der Waals surface area contributed by atoms with E-state index in [1.807, 2.05) is 4.57 Å². The summed E-state index contributed by atoms with van der Waals surface area (Å²) in [7, 11) is -3.36. The number of sulfonamides is 1. The van der Waals surface area contributed by atoms with Crippen LogP contribution in [-0.4, -0.2) is 19.5 Å². The first kappa shape index (κ1) is 12.0. The second-order valence-corrected chi connectivity index (χ2v) is 5.97. The lowest BCUT2D eigenvalue weighted by Gasteiger charge is -2.03. The molecule has 6 heteroatoms. The van der Waals surface area contributed by atoms with E-state index in [1.54, 1.807) is 19.2 Å². The van der Waals surface area contributed by atoms with Crippen LogP contribution in [0.15, 0.2) is 17.2 Å². The molecule has 1 aromatic heterocycles. The van der Waals surface area contributed by atoms with E-state index in [0.29, 0.717) is 23.4 Å². The molecule has 0 aliphatic heterocycles. The van der Waals surface area contributed by atoms with Crippen LogP contribution in [0.3, 0.4) is 0 Å². The van der Waals surface area contributed by atoms with Crippen LogP contribution in [0.25, 0.3) is 0 Å². The van der Waals surface area contributed by atoms with E-state index >= 15 is 0 Å². The average molecular weight is 263 g/mol. The van der Waals surface area contributed by atoms with Crippen LogP contribution in [-0.2, 0) is 15.9 Å². The molecule has 0 spiro atoms. The summed E-state index contributed by atoms with van der Waals surface area (Å²) in [6, 6.07) is 2.10. The lowest BCUT2D eigenvalue weighted by molar-refractivity contribution is 0.583. The van der Waals surface area contributed by atoms with Crippen molar-refractivity contribution in [1.29, 1.82) is 0 Å². The van der Waals surface area contributed by atoms with E-state index in [0.717, 1.165) is 18.5 Å².